The summed E-state index contributed by atoms with van der Waals surface area (Å²) in [5.74, 6) is -0.981. The van der Waals surface area contributed by atoms with Gasteiger partial charge in [0.15, 0.2) is 0 Å². The fourth-order valence-corrected chi connectivity index (χ4v) is 3.47. The predicted molar refractivity (Wildman–Crippen MR) is 130 cm³/mol. The first-order valence-electron chi connectivity index (χ1n) is 10.2. The van der Waals surface area contributed by atoms with Gasteiger partial charge in [-0.1, -0.05) is 37.8 Å². The number of nitrogens with zero attached hydrogens (tertiary/aromatic N) is 2. The van der Waals surface area contributed by atoms with Gasteiger partial charge in [0.2, 0.25) is 10.0 Å². The van der Waals surface area contributed by atoms with Crippen molar-refractivity contribution in [2.24, 2.45) is 5.10 Å². The largest absolute Gasteiger partial charge is 0.466 e. The highest BCUT2D eigenvalue weighted by Gasteiger charge is 2.31. The van der Waals surface area contributed by atoms with E-state index >= 15 is 0 Å². The zero-order valence-electron chi connectivity index (χ0n) is 18.9. The molecule has 1 aliphatic heterocycles. The van der Waals surface area contributed by atoms with Gasteiger partial charge in [-0.2, -0.15) is 10.1 Å². The topological polar surface area (TPSA) is 131 Å². The van der Waals surface area contributed by atoms with E-state index in [0.29, 0.717) is 11.4 Å². The summed E-state index contributed by atoms with van der Waals surface area (Å²) >= 11 is 0. The number of carbonyl (C=O) groups is 2. The number of aryl methyl sites for hydroxylation is 1. The van der Waals surface area contributed by atoms with E-state index in [-0.39, 0.29) is 24.3 Å². The molecule has 0 radical (unpaired) electrons. The Morgan fingerprint density at radius 1 is 1.18 bits per heavy atom. The molecular weight excluding hydrogens is 444 g/mol. The third kappa shape index (κ3) is 7.46. The normalized spacial score (nSPS) is 13.2. The zero-order valence-corrected chi connectivity index (χ0v) is 19.7. The molecule has 2 aromatic carbocycles. The van der Waals surface area contributed by atoms with Crippen molar-refractivity contribution in [3.05, 3.63) is 66.2 Å². The van der Waals surface area contributed by atoms with Crippen molar-refractivity contribution < 1.29 is 22.7 Å². The van der Waals surface area contributed by atoms with Crippen LogP contribution in [0.15, 0.2) is 65.8 Å². The van der Waals surface area contributed by atoms with Crippen LogP contribution in [-0.2, 0) is 30.8 Å². The molecule has 1 heterocycles. The molecule has 3 N–H and O–H groups in total. The number of amides is 1. The maximum atomic E-state index is 12.3. The molecule has 0 saturated carbocycles. The maximum Gasteiger partial charge on any atom is 0.311 e. The Hall–Kier alpha value is -3.66. The molecule has 1 amide bonds. The number of hydrazone groups is 1. The van der Waals surface area contributed by atoms with Gasteiger partial charge in [-0.05, 0) is 43.2 Å². The summed E-state index contributed by atoms with van der Waals surface area (Å²) < 4.78 is 29.8. The molecule has 10 heteroatoms. The molecule has 0 aliphatic carbocycles. The lowest BCUT2D eigenvalue weighted by molar-refractivity contribution is -0.141. The van der Waals surface area contributed by atoms with Crippen molar-refractivity contribution in [1.82, 2.24) is 0 Å². The van der Waals surface area contributed by atoms with Crippen LogP contribution in [0.5, 0.6) is 0 Å². The predicted octanol–water partition coefficient (Wildman–Crippen LogP) is 3.10. The van der Waals surface area contributed by atoms with Crippen LogP contribution in [0, 0.1) is 0 Å². The zero-order chi connectivity index (χ0) is 24.6. The number of para-hydroxylation sites is 1. The Bertz CT molecular complexity index is 1170. The van der Waals surface area contributed by atoms with Gasteiger partial charge in [0.05, 0.1) is 41.9 Å². The Labute approximate surface area is 194 Å². The van der Waals surface area contributed by atoms with Crippen LogP contribution < -0.4 is 15.5 Å². The van der Waals surface area contributed by atoms with E-state index in [9.17, 15) is 18.0 Å². The van der Waals surface area contributed by atoms with Gasteiger partial charge >= 0.3 is 5.97 Å². The molecule has 0 saturated heterocycles. The van der Waals surface area contributed by atoms with E-state index in [4.69, 9.17) is 10.5 Å². The van der Waals surface area contributed by atoms with Crippen LogP contribution in [0.4, 0.5) is 17.1 Å². The molecule has 1 aliphatic rings. The Balaban J connectivity index is 0.000000357. The van der Waals surface area contributed by atoms with Gasteiger partial charge < -0.3 is 10.5 Å². The first-order valence-corrected chi connectivity index (χ1v) is 12.1. The fraction of sp³-hybridized carbons (Fsp3) is 0.261. The summed E-state index contributed by atoms with van der Waals surface area (Å²) in [5.41, 5.74) is 8.74. The third-order valence-corrected chi connectivity index (χ3v) is 5.07. The highest BCUT2D eigenvalue weighted by Crippen LogP contribution is 2.26. The molecule has 0 atom stereocenters. The minimum atomic E-state index is -3.44. The molecule has 0 fully saturated rings. The summed E-state index contributed by atoms with van der Waals surface area (Å²) in [6.07, 6.45) is 1.89. The van der Waals surface area contributed by atoms with Crippen molar-refractivity contribution in [2.45, 2.75) is 26.7 Å². The van der Waals surface area contributed by atoms with Crippen molar-refractivity contribution in [3.8, 4) is 0 Å². The van der Waals surface area contributed by atoms with Crippen LogP contribution in [0.3, 0.4) is 0 Å². The number of anilines is 3. The van der Waals surface area contributed by atoms with Crippen LogP contribution in [0.1, 0.15) is 25.8 Å². The second-order valence-corrected chi connectivity index (χ2v) is 8.85. The Kier molecular flexibility index (Phi) is 8.75. The van der Waals surface area contributed by atoms with Crippen LogP contribution in [0.2, 0.25) is 0 Å². The number of carbonyl (C=O) groups excluding carboxylic acids is 2. The number of nitrogens with one attached hydrogen (secondary N) is 1. The average molecular weight is 473 g/mol. The van der Waals surface area contributed by atoms with Crippen LogP contribution in [0.25, 0.3) is 0 Å². The summed E-state index contributed by atoms with van der Waals surface area (Å²) in [7, 11) is -3.44. The Morgan fingerprint density at radius 3 is 2.45 bits per heavy atom. The first kappa shape index (κ1) is 25.6. The standard InChI is InChI=1S/C15H17N3O5S.C8H11N/c1-4-23-14(19)9-13-10(2)15(20)18(16-13)12-7-5-6-11(8-12)17-24(3,21)22;1-2-7-5-3-4-6-8(7)9/h5-8,17H,2,4,9H2,1,3H3;3-6H,2,9H2,1H3. The van der Waals surface area contributed by atoms with Gasteiger partial charge in [-0.25, -0.2) is 8.42 Å². The smallest absolute Gasteiger partial charge is 0.311 e. The molecule has 176 valence electrons. The maximum absolute atomic E-state index is 12.3. The van der Waals surface area contributed by atoms with Crippen LogP contribution >= 0.6 is 0 Å². The quantitative estimate of drug-likeness (QED) is 0.362. The monoisotopic (exact) mass is 472 g/mol. The lowest BCUT2D eigenvalue weighted by Crippen LogP contribution is -2.21. The third-order valence-electron chi connectivity index (χ3n) is 4.47. The van der Waals surface area contributed by atoms with Crippen molar-refractivity contribution >= 4 is 44.7 Å². The molecular formula is C23H28N4O5S. The van der Waals surface area contributed by atoms with E-state index in [0.717, 1.165) is 23.4 Å². The highest BCUT2D eigenvalue weighted by atomic mass is 32.2. The van der Waals surface area contributed by atoms with E-state index in [1.54, 1.807) is 25.1 Å². The number of hydrogen-bond acceptors (Lipinski definition) is 7. The molecule has 0 spiro atoms. The number of sulfonamides is 1. The highest BCUT2D eigenvalue weighted by molar-refractivity contribution is 7.92. The SMILES string of the molecule is C=C1C(=O)N(c2cccc(NS(C)(=O)=O)c2)N=C1CC(=O)OCC.CCc1ccccc1N. The molecule has 3 rings (SSSR count). The number of nitrogen functional groups attached to an aromatic ring is 1. The average Bonchev–Trinajstić information content (AvgIpc) is 3.02. The number of nitrogens with two attached hydrogens (primary N) is 1. The van der Waals surface area contributed by atoms with Gasteiger partial charge in [-0.3, -0.25) is 14.3 Å². The second-order valence-electron chi connectivity index (χ2n) is 7.10. The molecule has 33 heavy (non-hydrogen) atoms. The second kappa shape index (κ2) is 11.3. The van der Waals surface area contributed by atoms with Crippen molar-refractivity contribution in [2.75, 3.05) is 28.3 Å². The van der Waals surface area contributed by atoms with Gasteiger partial charge in [0.25, 0.3) is 5.91 Å². The van der Waals surface area contributed by atoms with Gasteiger partial charge in [0, 0.05) is 5.69 Å². The molecule has 9 nitrogen and oxygen atoms in total. The van der Waals surface area contributed by atoms with Crippen molar-refractivity contribution in [3.63, 3.8) is 0 Å². The van der Waals surface area contributed by atoms with E-state index in [2.05, 4.69) is 29.4 Å². The summed E-state index contributed by atoms with van der Waals surface area (Å²) in [5, 5.41) is 5.18. The molecule has 0 bridgehead atoms. The number of hydrogen-bond donors (Lipinski definition) is 2. The molecule has 0 unspecified atom stereocenters. The number of ether oxygens (including phenoxy) is 1. The van der Waals surface area contributed by atoms with Crippen molar-refractivity contribution in [1.29, 1.82) is 0 Å². The van der Waals surface area contributed by atoms with Crippen LogP contribution in [-0.4, -0.2) is 38.9 Å². The number of benzene rings is 2. The van der Waals surface area contributed by atoms with E-state index in [1.165, 1.54) is 11.6 Å². The lowest BCUT2D eigenvalue weighted by atomic mass is 10.1. The number of rotatable bonds is 7. The summed E-state index contributed by atoms with van der Waals surface area (Å²) in [6, 6.07) is 14.1. The number of esters is 1. The summed E-state index contributed by atoms with van der Waals surface area (Å²) in [6.45, 7) is 7.66. The van der Waals surface area contributed by atoms with E-state index in [1.807, 2.05) is 18.2 Å². The fourth-order valence-electron chi connectivity index (χ4n) is 2.91. The summed E-state index contributed by atoms with van der Waals surface area (Å²) in [4.78, 5) is 23.8. The van der Waals surface area contributed by atoms with E-state index < -0.39 is 21.9 Å². The van der Waals surface area contributed by atoms with Gasteiger partial charge in [-0.15, -0.1) is 0 Å². The van der Waals surface area contributed by atoms with Gasteiger partial charge in [0.1, 0.15) is 0 Å². The minimum absolute atomic E-state index is 0.101. The first-order chi connectivity index (χ1) is 15.6. The molecule has 0 aromatic heterocycles. The minimum Gasteiger partial charge on any atom is -0.466 e. The molecule has 2 aromatic rings. The Morgan fingerprint density at radius 2 is 1.88 bits per heavy atom. The lowest BCUT2D eigenvalue weighted by Gasteiger charge is -2.13.